The molecule has 2 fully saturated rings. The van der Waals surface area contributed by atoms with Crippen molar-refractivity contribution in [3.05, 3.63) is 71.4 Å². The van der Waals surface area contributed by atoms with E-state index in [2.05, 4.69) is 17.1 Å². The Hall–Kier alpha value is -3.41. The number of hydrogen-bond acceptors (Lipinski definition) is 5. The predicted octanol–water partition coefficient (Wildman–Crippen LogP) is 4.71. The van der Waals surface area contributed by atoms with Crippen LogP contribution in [-0.2, 0) is 26.3 Å². The van der Waals surface area contributed by atoms with Gasteiger partial charge in [0.15, 0.2) is 0 Å². The summed E-state index contributed by atoms with van der Waals surface area (Å²) in [5.41, 5.74) is 3.31. The van der Waals surface area contributed by atoms with E-state index in [1.165, 1.54) is 7.11 Å². The van der Waals surface area contributed by atoms with Crippen LogP contribution in [0.25, 0.3) is 10.9 Å². The molecule has 2 aliphatic heterocycles. The third kappa shape index (κ3) is 3.81. The molecule has 0 unspecified atom stereocenters. The summed E-state index contributed by atoms with van der Waals surface area (Å²) in [4.78, 5) is 32.2. The van der Waals surface area contributed by atoms with Gasteiger partial charge in [-0.15, -0.1) is 0 Å². The molecule has 6 heteroatoms. The first-order valence-electron chi connectivity index (χ1n) is 11.9. The van der Waals surface area contributed by atoms with E-state index in [0.717, 1.165) is 46.3 Å². The molecule has 2 saturated heterocycles. The lowest BCUT2D eigenvalue weighted by atomic mass is 9.79. The number of esters is 1. The van der Waals surface area contributed by atoms with Crippen LogP contribution < -0.4 is 4.74 Å². The number of carbonyl (C=O) groups is 2. The minimum Gasteiger partial charge on any atom is -0.489 e. The molecule has 1 amide bonds. The van der Waals surface area contributed by atoms with Crippen molar-refractivity contribution in [1.82, 2.24) is 9.88 Å². The van der Waals surface area contributed by atoms with Crippen molar-refractivity contribution >= 4 is 22.8 Å². The molecule has 0 bridgehead atoms. The number of para-hydroxylation sites is 1. The van der Waals surface area contributed by atoms with Crippen molar-refractivity contribution in [2.45, 2.75) is 63.6 Å². The molecule has 3 aromatic rings. The maximum Gasteiger partial charge on any atom is 0.328 e. The number of piperidine rings is 1. The fourth-order valence-electron chi connectivity index (χ4n) is 5.63. The van der Waals surface area contributed by atoms with Gasteiger partial charge in [-0.25, -0.2) is 4.79 Å². The summed E-state index contributed by atoms with van der Waals surface area (Å²) in [6, 6.07) is 17.6. The number of amides is 1. The lowest BCUT2D eigenvalue weighted by Gasteiger charge is -2.36. The molecule has 176 valence electrons. The molecule has 0 aliphatic carbocycles. The van der Waals surface area contributed by atoms with Crippen LogP contribution in [0.3, 0.4) is 0 Å². The SMILES string of the molecule is COC(=O)[C@H]1CCC[C@@H]2C[C@@](C)(c3ccc(OCc4cc(C)nc5ccccc45)cc3)C(=O)N21. The quantitative estimate of drug-likeness (QED) is 0.518. The fourth-order valence-corrected chi connectivity index (χ4v) is 5.63. The van der Waals surface area contributed by atoms with Crippen molar-refractivity contribution in [3.8, 4) is 5.75 Å². The van der Waals surface area contributed by atoms with Crippen molar-refractivity contribution in [3.63, 3.8) is 0 Å². The van der Waals surface area contributed by atoms with E-state index >= 15 is 0 Å². The highest BCUT2D eigenvalue weighted by Gasteiger charge is 2.54. The number of carbonyl (C=O) groups excluding carboxylic acids is 2. The van der Waals surface area contributed by atoms with Crippen LogP contribution in [-0.4, -0.2) is 41.0 Å². The number of methoxy groups -OCH3 is 1. The standard InChI is InChI=1S/C28H30N2O4/c1-18-15-19(23-8-4-5-9-24(23)29-18)17-34-22-13-11-20(12-14-22)28(2)16-21-7-6-10-25(26(31)33-3)30(21)27(28)32/h4-5,8-9,11-15,21,25H,6-7,10,16-17H2,1-3H3/t21-,25-,28+/m1/s1. The highest BCUT2D eigenvalue weighted by atomic mass is 16.5. The monoisotopic (exact) mass is 458 g/mol. The van der Waals surface area contributed by atoms with Crippen molar-refractivity contribution in [2.75, 3.05) is 7.11 Å². The summed E-state index contributed by atoms with van der Waals surface area (Å²) >= 11 is 0. The first kappa shape index (κ1) is 22.4. The summed E-state index contributed by atoms with van der Waals surface area (Å²) in [7, 11) is 1.39. The third-order valence-electron chi connectivity index (χ3n) is 7.38. The lowest BCUT2D eigenvalue weighted by molar-refractivity contribution is -0.155. The summed E-state index contributed by atoms with van der Waals surface area (Å²) < 4.78 is 11.1. The molecule has 5 rings (SSSR count). The van der Waals surface area contributed by atoms with Crippen LogP contribution in [0.2, 0.25) is 0 Å². The Labute approximate surface area is 199 Å². The van der Waals surface area contributed by atoms with E-state index < -0.39 is 11.5 Å². The Kier molecular flexibility index (Phi) is 5.76. The van der Waals surface area contributed by atoms with Crippen LogP contribution >= 0.6 is 0 Å². The molecule has 0 radical (unpaired) electrons. The largest absolute Gasteiger partial charge is 0.489 e. The maximum absolute atomic E-state index is 13.5. The van der Waals surface area contributed by atoms with Crippen LogP contribution in [0, 0.1) is 6.92 Å². The van der Waals surface area contributed by atoms with Gasteiger partial charge < -0.3 is 14.4 Å². The molecule has 34 heavy (non-hydrogen) atoms. The van der Waals surface area contributed by atoms with Crippen LogP contribution in [0.15, 0.2) is 54.6 Å². The van der Waals surface area contributed by atoms with Gasteiger partial charge in [0.2, 0.25) is 5.91 Å². The van der Waals surface area contributed by atoms with Gasteiger partial charge in [0.05, 0.1) is 18.0 Å². The molecule has 3 atom stereocenters. The molecule has 0 N–H and O–H groups in total. The Morgan fingerprint density at radius 2 is 1.91 bits per heavy atom. The van der Waals surface area contributed by atoms with E-state index in [1.807, 2.05) is 56.3 Å². The van der Waals surface area contributed by atoms with Gasteiger partial charge in [-0.05, 0) is 69.4 Å². The van der Waals surface area contributed by atoms with Gasteiger partial charge in [0, 0.05) is 22.7 Å². The van der Waals surface area contributed by atoms with Crippen LogP contribution in [0.4, 0.5) is 0 Å². The predicted molar refractivity (Wildman–Crippen MR) is 130 cm³/mol. The fraction of sp³-hybridized carbons (Fsp3) is 0.393. The molecule has 0 saturated carbocycles. The molecule has 6 nitrogen and oxygen atoms in total. The average Bonchev–Trinajstić information content (AvgIpc) is 3.13. The lowest BCUT2D eigenvalue weighted by Crippen LogP contribution is -2.51. The number of nitrogens with zero attached hydrogens (tertiary/aromatic N) is 2. The number of pyridine rings is 1. The highest BCUT2D eigenvalue weighted by molar-refractivity contribution is 5.94. The summed E-state index contributed by atoms with van der Waals surface area (Å²) in [6.45, 7) is 4.42. The van der Waals surface area contributed by atoms with E-state index in [1.54, 1.807) is 4.90 Å². The van der Waals surface area contributed by atoms with Gasteiger partial charge in [0.1, 0.15) is 18.4 Å². The molecule has 2 aromatic carbocycles. The van der Waals surface area contributed by atoms with Crippen molar-refractivity contribution < 1.29 is 19.1 Å². The first-order valence-corrected chi connectivity index (χ1v) is 11.9. The number of aryl methyl sites for hydroxylation is 1. The minimum absolute atomic E-state index is 0.0139. The van der Waals surface area contributed by atoms with Crippen molar-refractivity contribution in [2.24, 2.45) is 0 Å². The average molecular weight is 459 g/mol. The Balaban J connectivity index is 1.34. The Morgan fingerprint density at radius 3 is 2.68 bits per heavy atom. The number of ether oxygens (including phenoxy) is 2. The second-order valence-electron chi connectivity index (χ2n) is 9.63. The maximum atomic E-state index is 13.5. The molecule has 3 heterocycles. The van der Waals surface area contributed by atoms with E-state index in [0.29, 0.717) is 19.4 Å². The zero-order valence-corrected chi connectivity index (χ0v) is 19.9. The van der Waals surface area contributed by atoms with E-state index in [4.69, 9.17) is 9.47 Å². The first-order chi connectivity index (χ1) is 16.4. The number of aromatic nitrogens is 1. The van der Waals surface area contributed by atoms with Crippen LogP contribution in [0.5, 0.6) is 5.75 Å². The second-order valence-corrected chi connectivity index (χ2v) is 9.63. The number of rotatable bonds is 5. The van der Waals surface area contributed by atoms with Gasteiger partial charge in [-0.3, -0.25) is 9.78 Å². The number of fused-ring (bicyclic) bond motifs is 2. The van der Waals surface area contributed by atoms with Gasteiger partial charge >= 0.3 is 5.97 Å². The van der Waals surface area contributed by atoms with Crippen molar-refractivity contribution in [1.29, 1.82) is 0 Å². The summed E-state index contributed by atoms with van der Waals surface area (Å²) in [6.07, 6.45) is 3.23. The normalized spacial score (nSPS) is 24.2. The zero-order chi connectivity index (χ0) is 23.9. The molecule has 0 spiro atoms. The van der Waals surface area contributed by atoms with E-state index in [-0.39, 0.29) is 17.9 Å². The van der Waals surface area contributed by atoms with Crippen LogP contribution in [0.1, 0.15) is 49.4 Å². The van der Waals surface area contributed by atoms with Gasteiger partial charge in [-0.1, -0.05) is 30.3 Å². The molecular weight excluding hydrogens is 428 g/mol. The minimum atomic E-state index is -0.655. The topological polar surface area (TPSA) is 68.7 Å². The molecular formula is C28H30N2O4. The third-order valence-corrected chi connectivity index (χ3v) is 7.38. The summed E-state index contributed by atoms with van der Waals surface area (Å²) in [5.74, 6) is 0.450. The van der Waals surface area contributed by atoms with Gasteiger partial charge in [-0.2, -0.15) is 0 Å². The Morgan fingerprint density at radius 1 is 1.15 bits per heavy atom. The number of benzene rings is 2. The smallest absolute Gasteiger partial charge is 0.328 e. The summed E-state index contributed by atoms with van der Waals surface area (Å²) in [5, 5.41) is 1.09. The van der Waals surface area contributed by atoms with Gasteiger partial charge in [0.25, 0.3) is 0 Å². The second kappa shape index (κ2) is 8.75. The number of hydrogen-bond donors (Lipinski definition) is 0. The molecule has 1 aromatic heterocycles. The zero-order valence-electron chi connectivity index (χ0n) is 19.9. The van der Waals surface area contributed by atoms with E-state index in [9.17, 15) is 9.59 Å². The molecule has 2 aliphatic rings. The Bertz CT molecular complexity index is 1240. The highest BCUT2D eigenvalue weighted by Crippen LogP contribution is 2.44.